The molecule has 1 aliphatic rings. The summed E-state index contributed by atoms with van der Waals surface area (Å²) < 4.78 is 0. The third-order valence-corrected chi connectivity index (χ3v) is 4.32. The highest BCUT2D eigenvalue weighted by Crippen LogP contribution is 2.38. The summed E-state index contributed by atoms with van der Waals surface area (Å²) in [6.07, 6.45) is 3.99. The van der Waals surface area contributed by atoms with Crippen molar-refractivity contribution in [3.8, 4) is 5.75 Å². The molecule has 0 aliphatic carbocycles. The van der Waals surface area contributed by atoms with Gasteiger partial charge in [-0.15, -0.1) is 0 Å². The zero-order valence-electron chi connectivity index (χ0n) is 12.6. The highest BCUT2D eigenvalue weighted by Gasteiger charge is 2.33. The fourth-order valence-electron chi connectivity index (χ4n) is 3.15. The van der Waals surface area contributed by atoms with E-state index in [9.17, 15) is 5.11 Å². The standard InChI is InChI=1S/C20H16N2O/c23-19-11-10-15-6-4-5-9-17(15)18(19)14-20(21-12-13-22-20)16-7-2-1-3-8-16/h1-13,23H,14H2. The summed E-state index contributed by atoms with van der Waals surface area (Å²) in [6, 6.07) is 21.8. The van der Waals surface area contributed by atoms with E-state index in [4.69, 9.17) is 0 Å². The minimum atomic E-state index is -0.692. The van der Waals surface area contributed by atoms with Gasteiger partial charge in [0.1, 0.15) is 5.75 Å². The number of fused-ring (bicyclic) bond motifs is 1. The number of phenolic OH excluding ortho intramolecular Hbond substituents is 1. The van der Waals surface area contributed by atoms with Crippen molar-refractivity contribution in [1.82, 2.24) is 0 Å². The van der Waals surface area contributed by atoms with Crippen LogP contribution in [-0.2, 0) is 12.1 Å². The Kier molecular flexibility index (Phi) is 3.19. The molecule has 0 fully saturated rings. The lowest BCUT2D eigenvalue weighted by Crippen LogP contribution is -2.22. The Labute approximate surface area is 134 Å². The van der Waals surface area contributed by atoms with Gasteiger partial charge in [-0.25, -0.2) is 0 Å². The van der Waals surface area contributed by atoms with E-state index < -0.39 is 5.66 Å². The van der Waals surface area contributed by atoms with Crippen LogP contribution in [-0.4, -0.2) is 17.5 Å². The van der Waals surface area contributed by atoms with Gasteiger partial charge in [-0.05, 0) is 16.8 Å². The van der Waals surface area contributed by atoms with Crippen molar-refractivity contribution < 1.29 is 5.11 Å². The number of aromatic hydroxyl groups is 1. The number of hydrogen-bond acceptors (Lipinski definition) is 3. The third-order valence-electron chi connectivity index (χ3n) is 4.32. The molecule has 0 saturated carbocycles. The van der Waals surface area contributed by atoms with Gasteiger partial charge in [0.2, 0.25) is 0 Å². The van der Waals surface area contributed by atoms with Crippen LogP contribution in [0.5, 0.6) is 5.75 Å². The van der Waals surface area contributed by atoms with Crippen molar-refractivity contribution in [3.63, 3.8) is 0 Å². The number of rotatable bonds is 3. The van der Waals surface area contributed by atoms with Gasteiger partial charge in [0.25, 0.3) is 0 Å². The molecule has 3 nitrogen and oxygen atoms in total. The average molecular weight is 300 g/mol. The van der Waals surface area contributed by atoms with E-state index in [1.165, 1.54) is 0 Å². The Morgan fingerprint density at radius 1 is 0.783 bits per heavy atom. The van der Waals surface area contributed by atoms with Gasteiger partial charge in [-0.3, -0.25) is 9.98 Å². The van der Waals surface area contributed by atoms with Gasteiger partial charge >= 0.3 is 0 Å². The SMILES string of the molecule is Oc1ccc2ccccc2c1CC1(c2ccccc2)N=CC=N1. The quantitative estimate of drug-likeness (QED) is 0.777. The maximum atomic E-state index is 10.4. The van der Waals surface area contributed by atoms with Crippen LogP contribution < -0.4 is 0 Å². The predicted octanol–water partition coefficient (Wildman–Crippen LogP) is 4.10. The zero-order chi connectivity index (χ0) is 15.7. The number of aliphatic imine (C=N–C) groups is 2. The van der Waals surface area contributed by atoms with E-state index in [2.05, 4.69) is 16.1 Å². The van der Waals surface area contributed by atoms with Crippen LogP contribution in [0.25, 0.3) is 10.8 Å². The van der Waals surface area contributed by atoms with Crippen molar-refractivity contribution >= 4 is 23.2 Å². The molecule has 0 amide bonds. The highest BCUT2D eigenvalue weighted by atomic mass is 16.3. The largest absolute Gasteiger partial charge is 0.508 e. The Balaban J connectivity index is 1.88. The monoisotopic (exact) mass is 300 g/mol. The summed E-state index contributed by atoms with van der Waals surface area (Å²) in [7, 11) is 0. The predicted molar refractivity (Wildman–Crippen MR) is 94.4 cm³/mol. The van der Waals surface area contributed by atoms with Crippen molar-refractivity contribution in [2.45, 2.75) is 12.1 Å². The number of nitrogens with zero attached hydrogens (tertiary/aromatic N) is 2. The summed E-state index contributed by atoms with van der Waals surface area (Å²) >= 11 is 0. The molecular formula is C20H16N2O. The van der Waals surface area contributed by atoms with Crippen molar-refractivity contribution in [2.75, 3.05) is 0 Å². The zero-order valence-corrected chi connectivity index (χ0v) is 12.6. The van der Waals surface area contributed by atoms with Crippen LogP contribution in [0.3, 0.4) is 0 Å². The number of phenols is 1. The fourth-order valence-corrected chi connectivity index (χ4v) is 3.15. The topological polar surface area (TPSA) is 45.0 Å². The first-order valence-electron chi connectivity index (χ1n) is 7.63. The maximum Gasteiger partial charge on any atom is 0.179 e. The highest BCUT2D eigenvalue weighted by molar-refractivity contribution is 6.17. The molecule has 3 aromatic rings. The molecule has 23 heavy (non-hydrogen) atoms. The molecule has 0 aromatic heterocycles. The molecule has 112 valence electrons. The van der Waals surface area contributed by atoms with Gasteiger partial charge in [0, 0.05) is 30.0 Å². The van der Waals surface area contributed by atoms with E-state index in [1.807, 2.05) is 54.6 Å². The molecule has 4 rings (SSSR count). The Morgan fingerprint density at radius 2 is 1.48 bits per heavy atom. The van der Waals surface area contributed by atoms with E-state index in [0.717, 1.165) is 21.9 Å². The molecule has 3 aromatic carbocycles. The van der Waals surface area contributed by atoms with E-state index in [1.54, 1.807) is 18.5 Å². The van der Waals surface area contributed by atoms with Crippen LogP contribution in [0.2, 0.25) is 0 Å². The second-order valence-corrected chi connectivity index (χ2v) is 5.70. The first kappa shape index (κ1) is 13.7. The summed E-state index contributed by atoms with van der Waals surface area (Å²) in [5, 5.41) is 12.6. The van der Waals surface area contributed by atoms with Gasteiger partial charge in [-0.2, -0.15) is 0 Å². The molecule has 0 saturated heterocycles. The number of benzene rings is 3. The minimum Gasteiger partial charge on any atom is -0.508 e. The summed E-state index contributed by atoms with van der Waals surface area (Å²) in [6.45, 7) is 0. The van der Waals surface area contributed by atoms with Crippen molar-refractivity contribution in [3.05, 3.63) is 77.9 Å². The van der Waals surface area contributed by atoms with Crippen LogP contribution in [0, 0.1) is 0 Å². The average Bonchev–Trinajstić information content (AvgIpc) is 3.08. The van der Waals surface area contributed by atoms with Crippen LogP contribution in [0.4, 0.5) is 0 Å². The smallest absolute Gasteiger partial charge is 0.179 e. The second-order valence-electron chi connectivity index (χ2n) is 5.70. The molecule has 0 unspecified atom stereocenters. The molecule has 1 aliphatic heterocycles. The first-order chi connectivity index (χ1) is 11.3. The van der Waals surface area contributed by atoms with Crippen LogP contribution in [0.15, 0.2) is 76.7 Å². The lowest BCUT2D eigenvalue weighted by Gasteiger charge is -2.25. The molecule has 0 radical (unpaired) electrons. The van der Waals surface area contributed by atoms with Gasteiger partial charge < -0.3 is 5.11 Å². The van der Waals surface area contributed by atoms with Crippen LogP contribution >= 0.6 is 0 Å². The Hall–Kier alpha value is -2.94. The summed E-state index contributed by atoms with van der Waals surface area (Å²) in [4.78, 5) is 9.24. The molecule has 3 heteroatoms. The molecular weight excluding hydrogens is 284 g/mol. The molecule has 1 N–H and O–H groups in total. The Bertz CT molecular complexity index is 901. The molecule has 0 atom stereocenters. The number of hydrogen-bond donors (Lipinski definition) is 1. The van der Waals surface area contributed by atoms with Gasteiger partial charge in [-0.1, -0.05) is 60.7 Å². The molecule has 1 heterocycles. The van der Waals surface area contributed by atoms with E-state index in [-0.39, 0.29) is 5.75 Å². The third kappa shape index (κ3) is 2.30. The maximum absolute atomic E-state index is 10.4. The van der Waals surface area contributed by atoms with Crippen molar-refractivity contribution in [2.24, 2.45) is 9.98 Å². The first-order valence-corrected chi connectivity index (χ1v) is 7.63. The van der Waals surface area contributed by atoms with Crippen LogP contribution in [0.1, 0.15) is 11.1 Å². The molecule has 0 spiro atoms. The Morgan fingerprint density at radius 3 is 2.26 bits per heavy atom. The second kappa shape index (κ2) is 5.36. The van der Waals surface area contributed by atoms with Gasteiger partial charge in [0.05, 0.1) is 0 Å². The fraction of sp³-hybridized carbons (Fsp3) is 0.100. The summed E-state index contributed by atoms with van der Waals surface area (Å²) in [5.41, 5.74) is 1.21. The molecule has 0 bridgehead atoms. The van der Waals surface area contributed by atoms with E-state index >= 15 is 0 Å². The minimum absolute atomic E-state index is 0.288. The lowest BCUT2D eigenvalue weighted by molar-refractivity contribution is 0.441. The van der Waals surface area contributed by atoms with E-state index in [0.29, 0.717) is 6.42 Å². The normalized spacial score (nSPS) is 15.3. The van der Waals surface area contributed by atoms with Gasteiger partial charge in [0.15, 0.2) is 5.66 Å². The summed E-state index contributed by atoms with van der Waals surface area (Å²) in [5.74, 6) is 0.288. The lowest BCUT2D eigenvalue weighted by atomic mass is 9.90. The van der Waals surface area contributed by atoms with Crippen molar-refractivity contribution in [1.29, 1.82) is 0 Å².